The van der Waals surface area contributed by atoms with E-state index in [2.05, 4.69) is 4.98 Å². The minimum atomic E-state index is 0.514. The predicted molar refractivity (Wildman–Crippen MR) is 62.6 cm³/mol. The average molecular weight is 240 g/mol. The van der Waals surface area contributed by atoms with Crippen molar-refractivity contribution in [1.29, 1.82) is 0 Å². The maximum absolute atomic E-state index is 5.77. The summed E-state index contributed by atoms with van der Waals surface area (Å²) in [7, 11) is 0. The largest absolute Gasteiger partial charge is 0.486 e. The van der Waals surface area contributed by atoms with Crippen molar-refractivity contribution in [3.05, 3.63) is 45.4 Å². The van der Waals surface area contributed by atoms with E-state index >= 15 is 0 Å². The van der Waals surface area contributed by atoms with Gasteiger partial charge in [-0.1, -0.05) is 11.6 Å². The van der Waals surface area contributed by atoms with Crippen LogP contribution < -0.4 is 4.74 Å². The summed E-state index contributed by atoms with van der Waals surface area (Å²) >= 11 is 7.38. The van der Waals surface area contributed by atoms with Gasteiger partial charge in [-0.3, -0.25) is 0 Å². The fourth-order valence-electron chi connectivity index (χ4n) is 1.14. The first-order valence-electron chi connectivity index (χ1n) is 4.53. The molecule has 78 valence electrons. The maximum Gasteiger partial charge on any atom is 0.140 e. The number of halogens is 1. The number of thiazole rings is 1. The number of aromatic nitrogens is 1. The normalized spacial score (nSPS) is 10.3. The number of aryl methyl sites for hydroxylation is 1. The van der Waals surface area contributed by atoms with E-state index in [1.165, 1.54) is 0 Å². The van der Waals surface area contributed by atoms with Crippen molar-refractivity contribution < 1.29 is 4.74 Å². The molecule has 2 nitrogen and oxygen atoms in total. The number of hydrogen-bond acceptors (Lipinski definition) is 3. The quantitative estimate of drug-likeness (QED) is 0.815. The number of rotatable bonds is 3. The molecule has 0 aliphatic carbocycles. The molecule has 0 N–H and O–H groups in total. The topological polar surface area (TPSA) is 22.1 Å². The molecule has 0 aliphatic heterocycles. The minimum absolute atomic E-state index is 0.514. The molecular weight excluding hydrogens is 230 g/mol. The van der Waals surface area contributed by atoms with Gasteiger partial charge >= 0.3 is 0 Å². The van der Waals surface area contributed by atoms with Gasteiger partial charge in [-0.15, -0.1) is 11.3 Å². The van der Waals surface area contributed by atoms with Gasteiger partial charge in [-0.2, -0.15) is 0 Å². The standard InChI is InChI=1S/C11H10ClNOS/c1-8-7-15-11(13-8)6-14-10-4-2-9(12)3-5-10/h2-5,7H,6H2,1H3. The van der Waals surface area contributed by atoms with E-state index in [0.29, 0.717) is 11.6 Å². The molecule has 0 unspecified atom stereocenters. The number of ether oxygens (including phenoxy) is 1. The maximum atomic E-state index is 5.77. The van der Waals surface area contributed by atoms with Crippen LogP contribution in [0.25, 0.3) is 0 Å². The third kappa shape index (κ3) is 2.94. The highest BCUT2D eigenvalue weighted by Crippen LogP contribution is 2.17. The summed E-state index contributed by atoms with van der Waals surface area (Å²) in [6.07, 6.45) is 0. The monoisotopic (exact) mass is 239 g/mol. The first kappa shape index (κ1) is 10.5. The average Bonchev–Trinajstić information content (AvgIpc) is 2.64. The number of benzene rings is 1. The van der Waals surface area contributed by atoms with E-state index in [1.54, 1.807) is 11.3 Å². The molecule has 4 heteroatoms. The summed E-state index contributed by atoms with van der Waals surface area (Å²) in [5.74, 6) is 0.812. The van der Waals surface area contributed by atoms with Gasteiger partial charge in [0.1, 0.15) is 17.4 Å². The van der Waals surface area contributed by atoms with Gasteiger partial charge in [-0.05, 0) is 31.2 Å². The molecule has 2 aromatic rings. The Morgan fingerprint density at radius 1 is 1.33 bits per heavy atom. The molecule has 0 aliphatic rings. The third-order valence-corrected chi connectivity index (χ3v) is 3.03. The van der Waals surface area contributed by atoms with Gasteiger partial charge in [0.2, 0.25) is 0 Å². The van der Waals surface area contributed by atoms with Crippen LogP contribution in [0.5, 0.6) is 5.75 Å². The molecule has 0 radical (unpaired) electrons. The SMILES string of the molecule is Cc1csc(COc2ccc(Cl)cc2)n1. The van der Waals surface area contributed by atoms with E-state index in [1.807, 2.05) is 36.6 Å². The summed E-state index contributed by atoms with van der Waals surface area (Å²) in [5, 5.41) is 3.72. The number of hydrogen-bond donors (Lipinski definition) is 0. The van der Waals surface area contributed by atoms with Crippen LogP contribution >= 0.6 is 22.9 Å². The van der Waals surface area contributed by atoms with Crippen LogP contribution in [-0.2, 0) is 6.61 Å². The number of nitrogens with zero attached hydrogens (tertiary/aromatic N) is 1. The van der Waals surface area contributed by atoms with Crippen molar-refractivity contribution in [3.63, 3.8) is 0 Å². The lowest BCUT2D eigenvalue weighted by atomic mass is 10.3. The van der Waals surface area contributed by atoms with Crippen molar-refractivity contribution in [2.45, 2.75) is 13.5 Å². The Kier molecular flexibility index (Phi) is 3.23. The lowest BCUT2D eigenvalue weighted by Gasteiger charge is -2.03. The van der Waals surface area contributed by atoms with Crippen molar-refractivity contribution in [2.24, 2.45) is 0 Å². The highest BCUT2D eigenvalue weighted by molar-refractivity contribution is 7.09. The molecule has 15 heavy (non-hydrogen) atoms. The van der Waals surface area contributed by atoms with E-state index in [4.69, 9.17) is 16.3 Å². The van der Waals surface area contributed by atoms with E-state index < -0.39 is 0 Å². The van der Waals surface area contributed by atoms with Crippen LogP contribution in [0, 0.1) is 6.92 Å². The second-order valence-corrected chi connectivity index (χ2v) is 4.50. The van der Waals surface area contributed by atoms with Gasteiger partial charge in [0, 0.05) is 16.1 Å². The van der Waals surface area contributed by atoms with Crippen molar-refractivity contribution in [3.8, 4) is 5.75 Å². The third-order valence-electron chi connectivity index (χ3n) is 1.84. The summed E-state index contributed by atoms with van der Waals surface area (Å²) in [6.45, 7) is 2.49. The van der Waals surface area contributed by atoms with Crippen molar-refractivity contribution in [2.75, 3.05) is 0 Å². The molecule has 0 saturated heterocycles. The molecule has 0 atom stereocenters. The highest BCUT2D eigenvalue weighted by atomic mass is 35.5. The van der Waals surface area contributed by atoms with Gasteiger partial charge in [0.25, 0.3) is 0 Å². The Balaban J connectivity index is 1.96. The fourth-order valence-corrected chi connectivity index (χ4v) is 1.95. The Labute approximate surface area is 97.5 Å². The fraction of sp³-hybridized carbons (Fsp3) is 0.182. The zero-order valence-electron chi connectivity index (χ0n) is 8.24. The van der Waals surface area contributed by atoms with Crippen LogP contribution in [0.2, 0.25) is 5.02 Å². The van der Waals surface area contributed by atoms with Crippen LogP contribution in [0.1, 0.15) is 10.7 Å². The highest BCUT2D eigenvalue weighted by Gasteiger charge is 1.99. The van der Waals surface area contributed by atoms with E-state index in [0.717, 1.165) is 16.5 Å². The first-order chi connectivity index (χ1) is 7.24. The second-order valence-electron chi connectivity index (χ2n) is 3.13. The Bertz CT molecular complexity index is 438. The Hall–Kier alpha value is -1.06. The zero-order valence-corrected chi connectivity index (χ0v) is 9.81. The molecular formula is C11H10ClNOS. The lowest BCUT2D eigenvalue weighted by molar-refractivity contribution is 0.305. The van der Waals surface area contributed by atoms with E-state index in [9.17, 15) is 0 Å². The van der Waals surface area contributed by atoms with Crippen molar-refractivity contribution in [1.82, 2.24) is 4.98 Å². The predicted octanol–water partition coefficient (Wildman–Crippen LogP) is 3.68. The first-order valence-corrected chi connectivity index (χ1v) is 5.79. The molecule has 0 amide bonds. The van der Waals surface area contributed by atoms with Crippen LogP contribution in [0.4, 0.5) is 0 Å². The summed E-state index contributed by atoms with van der Waals surface area (Å²) in [4.78, 5) is 4.31. The summed E-state index contributed by atoms with van der Waals surface area (Å²) in [6, 6.07) is 7.32. The molecule has 1 heterocycles. The van der Waals surface area contributed by atoms with Gasteiger partial charge in [-0.25, -0.2) is 4.98 Å². The molecule has 0 bridgehead atoms. The van der Waals surface area contributed by atoms with Crippen LogP contribution in [-0.4, -0.2) is 4.98 Å². The van der Waals surface area contributed by atoms with Crippen molar-refractivity contribution >= 4 is 22.9 Å². The molecule has 2 rings (SSSR count). The summed E-state index contributed by atoms with van der Waals surface area (Å²) < 4.78 is 5.55. The molecule has 1 aromatic carbocycles. The minimum Gasteiger partial charge on any atom is -0.486 e. The van der Waals surface area contributed by atoms with Crippen LogP contribution in [0.3, 0.4) is 0 Å². The lowest BCUT2D eigenvalue weighted by Crippen LogP contribution is -1.94. The Morgan fingerprint density at radius 2 is 2.07 bits per heavy atom. The van der Waals surface area contributed by atoms with Gasteiger partial charge < -0.3 is 4.74 Å². The molecule has 0 saturated carbocycles. The second kappa shape index (κ2) is 4.64. The summed E-state index contributed by atoms with van der Waals surface area (Å²) in [5.41, 5.74) is 1.04. The smallest absolute Gasteiger partial charge is 0.140 e. The Morgan fingerprint density at radius 3 is 2.67 bits per heavy atom. The zero-order chi connectivity index (χ0) is 10.7. The molecule has 1 aromatic heterocycles. The van der Waals surface area contributed by atoms with Crippen LogP contribution in [0.15, 0.2) is 29.6 Å². The van der Waals surface area contributed by atoms with Gasteiger partial charge in [0.05, 0.1) is 0 Å². The van der Waals surface area contributed by atoms with E-state index in [-0.39, 0.29) is 0 Å². The van der Waals surface area contributed by atoms with Gasteiger partial charge in [0.15, 0.2) is 0 Å². The molecule has 0 fully saturated rings. The molecule has 0 spiro atoms.